The molecule has 17 heavy (non-hydrogen) atoms. The van der Waals surface area contributed by atoms with Gasteiger partial charge in [-0.15, -0.1) is 0 Å². The summed E-state index contributed by atoms with van der Waals surface area (Å²) >= 11 is 0. The van der Waals surface area contributed by atoms with Crippen LogP contribution in [0.2, 0.25) is 0 Å². The number of hydrogen-bond acceptors (Lipinski definition) is 2. The molecule has 0 aromatic rings. The van der Waals surface area contributed by atoms with Gasteiger partial charge in [-0.3, -0.25) is 0 Å². The summed E-state index contributed by atoms with van der Waals surface area (Å²) in [6.07, 6.45) is 9.50. The first kappa shape index (κ1) is 12.0. The van der Waals surface area contributed by atoms with Gasteiger partial charge in [-0.1, -0.05) is 26.2 Å². The molecule has 0 radical (unpaired) electrons. The van der Waals surface area contributed by atoms with E-state index in [4.69, 9.17) is 11.5 Å². The molecule has 0 bridgehead atoms. The summed E-state index contributed by atoms with van der Waals surface area (Å²) in [4.78, 5) is 0. The molecule has 2 nitrogen and oxygen atoms in total. The van der Waals surface area contributed by atoms with Crippen molar-refractivity contribution in [2.75, 3.05) is 0 Å². The number of fused-ring (bicyclic) bond motifs is 2. The molecule has 0 aromatic heterocycles. The topological polar surface area (TPSA) is 52.0 Å². The maximum atomic E-state index is 6.61. The maximum Gasteiger partial charge on any atom is 0.0102 e. The van der Waals surface area contributed by atoms with Crippen LogP contribution in [-0.2, 0) is 0 Å². The van der Waals surface area contributed by atoms with Crippen LogP contribution in [0.5, 0.6) is 0 Å². The van der Waals surface area contributed by atoms with Crippen LogP contribution in [0, 0.1) is 29.6 Å². The molecule has 3 fully saturated rings. The molecule has 3 rings (SSSR count). The lowest BCUT2D eigenvalue weighted by Gasteiger charge is -2.54. The quantitative estimate of drug-likeness (QED) is 0.679. The minimum atomic E-state index is 0.452. The lowest BCUT2D eigenvalue weighted by Crippen LogP contribution is -2.60. The largest absolute Gasteiger partial charge is 0.327 e. The molecule has 7 unspecified atom stereocenters. The van der Waals surface area contributed by atoms with Crippen LogP contribution in [0.15, 0.2) is 0 Å². The molecule has 3 aliphatic carbocycles. The molecular weight excluding hydrogens is 208 g/mol. The third-order valence-electron chi connectivity index (χ3n) is 6.07. The van der Waals surface area contributed by atoms with Crippen molar-refractivity contribution < 1.29 is 0 Å². The van der Waals surface area contributed by atoms with Crippen LogP contribution in [-0.4, -0.2) is 12.1 Å². The molecule has 7 atom stereocenters. The van der Waals surface area contributed by atoms with Crippen LogP contribution in [0.1, 0.15) is 51.9 Å². The number of hydrogen-bond donors (Lipinski definition) is 2. The highest BCUT2D eigenvalue weighted by Crippen LogP contribution is 2.49. The van der Waals surface area contributed by atoms with Crippen LogP contribution >= 0.6 is 0 Å². The monoisotopic (exact) mass is 236 g/mol. The molecule has 0 saturated heterocycles. The first-order valence-electron chi connectivity index (χ1n) is 7.69. The highest BCUT2D eigenvalue weighted by Gasteiger charge is 2.49. The molecule has 3 aliphatic rings. The van der Waals surface area contributed by atoms with Gasteiger partial charge >= 0.3 is 0 Å². The van der Waals surface area contributed by atoms with Gasteiger partial charge in [-0.05, 0) is 55.3 Å². The molecule has 2 heteroatoms. The Labute approximate surface area is 106 Å². The molecule has 0 aromatic carbocycles. The van der Waals surface area contributed by atoms with E-state index in [1.54, 1.807) is 0 Å². The van der Waals surface area contributed by atoms with Gasteiger partial charge in [0.2, 0.25) is 0 Å². The van der Waals surface area contributed by atoms with Crippen molar-refractivity contribution in [3.05, 3.63) is 0 Å². The minimum Gasteiger partial charge on any atom is -0.327 e. The van der Waals surface area contributed by atoms with Crippen molar-refractivity contribution in [3.8, 4) is 0 Å². The van der Waals surface area contributed by atoms with Gasteiger partial charge in [0.25, 0.3) is 0 Å². The second kappa shape index (κ2) is 4.55. The van der Waals surface area contributed by atoms with E-state index in [0.717, 1.165) is 29.6 Å². The molecule has 0 aliphatic heterocycles. The zero-order chi connectivity index (χ0) is 12.0. The minimum absolute atomic E-state index is 0.452. The smallest absolute Gasteiger partial charge is 0.0102 e. The summed E-state index contributed by atoms with van der Waals surface area (Å²) in [6, 6.07) is 0.908. The molecule has 0 amide bonds. The van der Waals surface area contributed by atoms with Gasteiger partial charge in [0.1, 0.15) is 0 Å². The summed E-state index contributed by atoms with van der Waals surface area (Å²) in [5.41, 5.74) is 13.2. The van der Waals surface area contributed by atoms with Gasteiger partial charge in [0.05, 0.1) is 0 Å². The van der Waals surface area contributed by atoms with Gasteiger partial charge in [0, 0.05) is 12.1 Å². The van der Waals surface area contributed by atoms with Gasteiger partial charge in [0.15, 0.2) is 0 Å². The van der Waals surface area contributed by atoms with Crippen molar-refractivity contribution in [2.24, 2.45) is 41.1 Å². The van der Waals surface area contributed by atoms with Crippen molar-refractivity contribution in [3.63, 3.8) is 0 Å². The van der Waals surface area contributed by atoms with Crippen molar-refractivity contribution in [2.45, 2.75) is 64.0 Å². The van der Waals surface area contributed by atoms with Gasteiger partial charge < -0.3 is 11.5 Å². The van der Waals surface area contributed by atoms with E-state index < -0.39 is 0 Å². The molecule has 0 heterocycles. The van der Waals surface area contributed by atoms with E-state index in [1.807, 2.05) is 0 Å². The molecule has 3 saturated carbocycles. The fraction of sp³-hybridized carbons (Fsp3) is 1.00. The Morgan fingerprint density at radius 1 is 0.706 bits per heavy atom. The fourth-order valence-electron chi connectivity index (χ4n) is 5.15. The zero-order valence-corrected chi connectivity index (χ0v) is 11.1. The second-order valence-electron chi connectivity index (χ2n) is 7.01. The Morgan fingerprint density at radius 3 is 1.88 bits per heavy atom. The van der Waals surface area contributed by atoms with E-state index in [9.17, 15) is 0 Å². The molecule has 0 spiro atoms. The number of rotatable bonds is 0. The van der Waals surface area contributed by atoms with E-state index in [0.29, 0.717) is 12.1 Å². The third kappa shape index (κ3) is 1.94. The average Bonchev–Trinajstić information content (AvgIpc) is 2.36. The average molecular weight is 236 g/mol. The maximum absolute atomic E-state index is 6.61. The Morgan fingerprint density at radius 2 is 1.24 bits per heavy atom. The Kier molecular flexibility index (Phi) is 3.20. The molecule has 98 valence electrons. The normalized spacial score (nSPS) is 54.9. The van der Waals surface area contributed by atoms with Gasteiger partial charge in [-0.2, -0.15) is 0 Å². The standard InChI is InChI=1S/C15H28N2/c1-9-6-7-12-13(8-9)15(17)11-5-3-2-4-10(11)14(12)16/h9-15H,2-8,16-17H2,1H3. The Bertz CT molecular complexity index is 278. The number of nitrogens with two attached hydrogens (primary N) is 2. The predicted molar refractivity (Wildman–Crippen MR) is 71.4 cm³/mol. The zero-order valence-electron chi connectivity index (χ0n) is 11.1. The summed E-state index contributed by atoms with van der Waals surface area (Å²) < 4.78 is 0. The summed E-state index contributed by atoms with van der Waals surface area (Å²) in [7, 11) is 0. The van der Waals surface area contributed by atoms with Crippen molar-refractivity contribution >= 4 is 0 Å². The van der Waals surface area contributed by atoms with Crippen molar-refractivity contribution in [1.82, 2.24) is 0 Å². The second-order valence-corrected chi connectivity index (χ2v) is 7.01. The third-order valence-corrected chi connectivity index (χ3v) is 6.07. The summed E-state index contributed by atoms with van der Waals surface area (Å²) in [5.74, 6) is 3.82. The first-order valence-corrected chi connectivity index (χ1v) is 7.69. The van der Waals surface area contributed by atoms with Crippen LogP contribution in [0.25, 0.3) is 0 Å². The van der Waals surface area contributed by atoms with Gasteiger partial charge in [-0.25, -0.2) is 0 Å². The van der Waals surface area contributed by atoms with E-state index in [1.165, 1.54) is 44.9 Å². The predicted octanol–water partition coefficient (Wildman–Crippen LogP) is 2.51. The molecule has 4 N–H and O–H groups in total. The Hall–Kier alpha value is -0.0800. The fourth-order valence-corrected chi connectivity index (χ4v) is 5.15. The highest BCUT2D eigenvalue weighted by molar-refractivity contribution is 5.03. The highest BCUT2D eigenvalue weighted by atomic mass is 14.8. The van der Waals surface area contributed by atoms with Crippen molar-refractivity contribution in [1.29, 1.82) is 0 Å². The van der Waals surface area contributed by atoms with E-state index in [2.05, 4.69) is 6.92 Å². The summed E-state index contributed by atoms with van der Waals surface area (Å²) in [6.45, 7) is 2.39. The van der Waals surface area contributed by atoms with Crippen LogP contribution < -0.4 is 11.5 Å². The van der Waals surface area contributed by atoms with Crippen LogP contribution in [0.4, 0.5) is 0 Å². The first-order chi connectivity index (χ1) is 8.18. The molecular formula is C15H28N2. The Balaban J connectivity index is 1.82. The summed E-state index contributed by atoms with van der Waals surface area (Å²) in [5, 5.41) is 0. The lowest BCUT2D eigenvalue weighted by atomic mass is 9.54. The lowest BCUT2D eigenvalue weighted by molar-refractivity contribution is -0.00213. The van der Waals surface area contributed by atoms with E-state index in [-0.39, 0.29) is 0 Å². The van der Waals surface area contributed by atoms with E-state index >= 15 is 0 Å². The van der Waals surface area contributed by atoms with Crippen LogP contribution in [0.3, 0.4) is 0 Å². The SMILES string of the molecule is CC1CCC2C(N)C3CCCCC3C(N)C2C1.